The standard InChI is InChI=1S/C12H16N2O4/c1-7(2)5-16-12(15)14-9-4-11-10(3-8(9)13)17-6-18-11/h3-4,7H,5-6,13H2,1-2H3,(H,14,15). The first-order chi connectivity index (χ1) is 8.56. The van der Waals surface area contributed by atoms with Gasteiger partial charge in [0.2, 0.25) is 6.79 Å². The molecule has 0 fully saturated rings. The van der Waals surface area contributed by atoms with Crippen molar-refractivity contribution in [1.82, 2.24) is 0 Å². The van der Waals surface area contributed by atoms with Crippen molar-refractivity contribution in [2.24, 2.45) is 5.92 Å². The molecule has 18 heavy (non-hydrogen) atoms. The highest BCUT2D eigenvalue weighted by Crippen LogP contribution is 2.38. The number of hydrogen-bond acceptors (Lipinski definition) is 5. The fourth-order valence-electron chi connectivity index (χ4n) is 1.45. The molecule has 0 radical (unpaired) electrons. The van der Waals surface area contributed by atoms with Gasteiger partial charge in [0.05, 0.1) is 18.0 Å². The fourth-order valence-corrected chi connectivity index (χ4v) is 1.45. The average Bonchev–Trinajstić information content (AvgIpc) is 2.74. The van der Waals surface area contributed by atoms with Crippen LogP contribution in [-0.4, -0.2) is 19.5 Å². The second kappa shape index (κ2) is 5.03. The summed E-state index contributed by atoms with van der Waals surface area (Å²) in [7, 11) is 0. The third kappa shape index (κ3) is 2.77. The Kier molecular flexibility index (Phi) is 3.45. The van der Waals surface area contributed by atoms with Crippen molar-refractivity contribution < 1.29 is 19.0 Å². The number of fused-ring (bicyclic) bond motifs is 1. The summed E-state index contributed by atoms with van der Waals surface area (Å²) >= 11 is 0. The van der Waals surface area contributed by atoms with Crippen LogP contribution in [0.2, 0.25) is 0 Å². The van der Waals surface area contributed by atoms with Crippen LogP contribution in [0.5, 0.6) is 11.5 Å². The number of hydrogen-bond donors (Lipinski definition) is 2. The zero-order valence-corrected chi connectivity index (χ0v) is 10.4. The van der Waals surface area contributed by atoms with Gasteiger partial charge in [0.25, 0.3) is 0 Å². The molecule has 0 saturated heterocycles. The number of ether oxygens (including phenoxy) is 3. The quantitative estimate of drug-likeness (QED) is 0.806. The summed E-state index contributed by atoms with van der Waals surface area (Å²) in [6, 6.07) is 3.23. The average molecular weight is 252 g/mol. The largest absolute Gasteiger partial charge is 0.454 e. The second-order valence-electron chi connectivity index (χ2n) is 4.41. The number of rotatable bonds is 3. The van der Waals surface area contributed by atoms with Crippen molar-refractivity contribution in [3.8, 4) is 11.5 Å². The van der Waals surface area contributed by atoms with E-state index in [0.29, 0.717) is 29.5 Å². The molecule has 1 aliphatic rings. The van der Waals surface area contributed by atoms with Crippen LogP contribution in [-0.2, 0) is 4.74 Å². The van der Waals surface area contributed by atoms with Gasteiger partial charge in [0.1, 0.15) is 0 Å². The Labute approximate surface area is 105 Å². The van der Waals surface area contributed by atoms with Gasteiger partial charge in [-0.05, 0) is 5.92 Å². The number of carbonyl (C=O) groups is 1. The molecule has 0 unspecified atom stereocenters. The minimum absolute atomic E-state index is 0.163. The van der Waals surface area contributed by atoms with Crippen LogP contribution in [0.3, 0.4) is 0 Å². The maximum Gasteiger partial charge on any atom is 0.411 e. The first-order valence-corrected chi connectivity index (χ1v) is 5.69. The molecule has 1 aromatic rings. The Morgan fingerprint density at radius 2 is 2.11 bits per heavy atom. The molecule has 98 valence electrons. The van der Waals surface area contributed by atoms with E-state index < -0.39 is 6.09 Å². The van der Waals surface area contributed by atoms with Gasteiger partial charge in [-0.15, -0.1) is 0 Å². The zero-order valence-electron chi connectivity index (χ0n) is 10.4. The molecule has 2 rings (SSSR count). The highest BCUT2D eigenvalue weighted by Gasteiger charge is 2.17. The lowest BCUT2D eigenvalue weighted by atomic mass is 10.2. The number of carbonyl (C=O) groups excluding carboxylic acids is 1. The summed E-state index contributed by atoms with van der Waals surface area (Å²) in [4.78, 5) is 11.5. The summed E-state index contributed by atoms with van der Waals surface area (Å²) in [6.45, 7) is 4.44. The van der Waals surface area contributed by atoms with Crippen molar-refractivity contribution in [3.05, 3.63) is 12.1 Å². The predicted molar refractivity (Wildman–Crippen MR) is 66.8 cm³/mol. The van der Waals surface area contributed by atoms with E-state index in [9.17, 15) is 4.79 Å². The lowest BCUT2D eigenvalue weighted by Gasteiger charge is -2.11. The van der Waals surface area contributed by atoms with Gasteiger partial charge >= 0.3 is 6.09 Å². The number of nitrogens with one attached hydrogen (secondary N) is 1. The summed E-state index contributed by atoms with van der Waals surface area (Å²) in [5.74, 6) is 1.42. The monoisotopic (exact) mass is 252 g/mol. The Hall–Kier alpha value is -2.11. The van der Waals surface area contributed by atoms with Gasteiger partial charge in [-0.3, -0.25) is 5.32 Å². The number of nitrogens with two attached hydrogens (primary N) is 1. The van der Waals surface area contributed by atoms with E-state index in [2.05, 4.69) is 5.32 Å². The first kappa shape index (κ1) is 12.3. The molecule has 0 aliphatic carbocycles. The van der Waals surface area contributed by atoms with Crippen molar-refractivity contribution in [2.45, 2.75) is 13.8 Å². The Bertz CT molecular complexity index is 460. The number of anilines is 2. The van der Waals surface area contributed by atoms with Gasteiger partial charge in [-0.1, -0.05) is 13.8 Å². The molecule has 1 heterocycles. The SMILES string of the molecule is CC(C)COC(=O)Nc1cc2c(cc1N)OCO2. The van der Waals surface area contributed by atoms with Gasteiger partial charge in [0.15, 0.2) is 11.5 Å². The van der Waals surface area contributed by atoms with Gasteiger partial charge in [-0.2, -0.15) is 0 Å². The Morgan fingerprint density at radius 1 is 1.44 bits per heavy atom. The molecule has 0 spiro atoms. The maximum absolute atomic E-state index is 11.5. The van der Waals surface area contributed by atoms with Gasteiger partial charge in [-0.25, -0.2) is 4.79 Å². The van der Waals surface area contributed by atoms with Crippen molar-refractivity contribution in [2.75, 3.05) is 24.5 Å². The van der Waals surface area contributed by atoms with Crippen molar-refractivity contribution >= 4 is 17.5 Å². The van der Waals surface area contributed by atoms with Crippen LogP contribution < -0.4 is 20.5 Å². The molecule has 0 saturated carbocycles. The lowest BCUT2D eigenvalue weighted by Crippen LogP contribution is -2.17. The van der Waals surface area contributed by atoms with Gasteiger partial charge in [0, 0.05) is 12.1 Å². The number of amides is 1. The fraction of sp³-hybridized carbons (Fsp3) is 0.417. The Morgan fingerprint density at radius 3 is 2.78 bits per heavy atom. The first-order valence-electron chi connectivity index (χ1n) is 5.69. The van der Waals surface area contributed by atoms with E-state index in [-0.39, 0.29) is 12.7 Å². The summed E-state index contributed by atoms with van der Waals surface area (Å²) in [6.07, 6.45) is -0.533. The second-order valence-corrected chi connectivity index (χ2v) is 4.41. The molecule has 0 atom stereocenters. The predicted octanol–water partition coefficient (Wildman–Crippen LogP) is 2.20. The molecular weight excluding hydrogens is 236 g/mol. The van der Waals surface area contributed by atoms with Crippen molar-refractivity contribution in [1.29, 1.82) is 0 Å². The van der Waals surface area contributed by atoms with E-state index >= 15 is 0 Å². The molecule has 1 amide bonds. The molecule has 1 aliphatic heterocycles. The van der Waals surface area contributed by atoms with E-state index in [1.54, 1.807) is 12.1 Å². The molecule has 0 aromatic heterocycles. The summed E-state index contributed by atoms with van der Waals surface area (Å²) in [5.41, 5.74) is 6.65. The third-order valence-corrected chi connectivity index (χ3v) is 2.33. The van der Waals surface area contributed by atoms with Crippen LogP contribution in [0.15, 0.2) is 12.1 Å². The molecular formula is C12H16N2O4. The van der Waals surface area contributed by atoms with E-state index in [1.165, 1.54) is 0 Å². The van der Waals surface area contributed by atoms with Crippen LogP contribution in [0.4, 0.5) is 16.2 Å². The molecule has 1 aromatic carbocycles. The highest BCUT2D eigenvalue weighted by molar-refractivity contribution is 5.90. The van der Waals surface area contributed by atoms with Crippen LogP contribution in [0, 0.1) is 5.92 Å². The maximum atomic E-state index is 11.5. The van der Waals surface area contributed by atoms with E-state index in [1.807, 2.05) is 13.8 Å². The smallest absolute Gasteiger partial charge is 0.411 e. The molecule has 3 N–H and O–H groups in total. The van der Waals surface area contributed by atoms with Crippen molar-refractivity contribution in [3.63, 3.8) is 0 Å². The molecule has 0 bridgehead atoms. The molecule has 6 nitrogen and oxygen atoms in total. The Balaban J connectivity index is 2.03. The highest BCUT2D eigenvalue weighted by atomic mass is 16.7. The third-order valence-electron chi connectivity index (χ3n) is 2.33. The number of nitrogen functional groups attached to an aromatic ring is 1. The minimum atomic E-state index is -0.533. The zero-order chi connectivity index (χ0) is 13.1. The van der Waals surface area contributed by atoms with Crippen LogP contribution >= 0.6 is 0 Å². The normalized spacial score (nSPS) is 12.6. The summed E-state index contributed by atoms with van der Waals surface area (Å²) < 4.78 is 15.4. The summed E-state index contributed by atoms with van der Waals surface area (Å²) in [5, 5.41) is 2.57. The van der Waals surface area contributed by atoms with Gasteiger partial charge < -0.3 is 19.9 Å². The van der Waals surface area contributed by atoms with Crippen LogP contribution in [0.25, 0.3) is 0 Å². The molecule has 6 heteroatoms. The van der Waals surface area contributed by atoms with E-state index in [4.69, 9.17) is 19.9 Å². The van der Waals surface area contributed by atoms with Crippen LogP contribution in [0.1, 0.15) is 13.8 Å². The topological polar surface area (TPSA) is 82.8 Å². The van der Waals surface area contributed by atoms with E-state index in [0.717, 1.165) is 0 Å². The lowest BCUT2D eigenvalue weighted by molar-refractivity contribution is 0.147. The minimum Gasteiger partial charge on any atom is -0.454 e. The number of benzene rings is 1.